The molecule has 2 heterocycles. The van der Waals surface area contributed by atoms with Gasteiger partial charge in [0.15, 0.2) is 22.6 Å². The molecule has 1 unspecified atom stereocenters. The number of aromatic nitrogens is 2. The van der Waals surface area contributed by atoms with Crippen LogP contribution in [0.5, 0.6) is 0 Å². The number of methoxy groups -OCH3 is 1. The van der Waals surface area contributed by atoms with E-state index in [1.54, 1.807) is 6.92 Å². The van der Waals surface area contributed by atoms with Gasteiger partial charge in [-0.15, -0.1) is 11.3 Å². The Bertz CT molecular complexity index is 1280. The quantitative estimate of drug-likeness (QED) is 0.295. The third kappa shape index (κ3) is 4.67. The summed E-state index contributed by atoms with van der Waals surface area (Å²) in [6.07, 6.45) is 3.89. The highest BCUT2D eigenvalue weighted by Gasteiger charge is 2.25. The van der Waals surface area contributed by atoms with Gasteiger partial charge in [-0.1, -0.05) is 11.8 Å². The molecule has 0 saturated carbocycles. The first-order valence-corrected chi connectivity index (χ1v) is 12.2. The third-order valence-electron chi connectivity index (χ3n) is 5.50. The van der Waals surface area contributed by atoms with E-state index in [1.807, 2.05) is 0 Å². The molecule has 0 fully saturated rings. The van der Waals surface area contributed by atoms with Gasteiger partial charge in [0.2, 0.25) is 5.91 Å². The van der Waals surface area contributed by atoms with Crippen molar-refractivity contribution in [2.75, 3.05) is 19.0 Å². The lowest BCUT2D eigenvalue weighted by atomic mass is 9.97. The van der Waals surface area contributed by atoms with Crippen LogP contribution in [0.3, 0.4) is 0 Å². The maximum absolute atomic E-state index is 13.9. The van der Waals surface area contributed by atoms with Gasteiger partial charge in [0, 0.05) is 12.0 Å². The van der Waals surface area contributed by atoms with Crippen molar-refractivity contribution < 1.29 is 22.7 Å². The molecule has 1 aromatic carbocycles. The lowest BCUT2D eigenvalue weighted by Gasteiger charge is -2.16. The van der Waals surface area contributed by atoms with Gasteiger partial charge in [0.1, 0.15) is 4.83 Å². The number of fused-ring (bicyclic) bond motifs is 3. The van der Waals surface area contributed by atoms with Gasteiger partial charge in [-0.25, -0.2) is 18.2 Å². The van der Waals surface area contributed by atoms with E-state index in [-0.39, 0.29) is 18.7 Å². The first-order chi connectivity index (χ1) is 15.8. The summed E-state index contributed by atoms with van der Waals surface area (Å²) in [6, 6.07) is 1.69. The monoisotopic (exact) mass is 497 g/mol. The first-order valence-electron chi connectivity index (χ1n) is 10.5. The Morgan fingerprint density at radius 1 is 1.27 bits per heavy atom. The molecule has 3 aromatic rings. The van der Waals surface area contributed by atoms with Gasteiger partial charge in [0.05, 0.1) is 29.5 Å². The molecular weight excluding hydrogens is 475 g/mol. The van der Waals surface area contributed by atoms with Gasteiger partial charge < -0.3 is 10.1 Å². The van der Waals surface area contributed by atoms with Crippen molar-refractivity contribution in [3.05, 3.63) is 50.4 Å². The molecule has 176 valence electrons. The lowest BCUT2D eigenvalue weighted by Crippen LogP contribution is -2.28. The number of rotatable bonds is 7. The number of carbonyl (C=O) groups is 1. The molecule has 0 radical (unpaired) electrons. The average Bonchev–Trinajstić information content (AvgIpc) is 3.17. The van der Waals surface area contributed by atoms with Gasteiger partial charge in [-0.3, -0.25) is 14.2 Å². The molecule has 4 rings (SSSR count). The summed E-state index contributed by atoms with van der Waals surface area (Å²) in [5.74, 6) is -5.11. The van der Waals surface area contributed by atoms with Gasteiger partial charge in [-0.05, 0) is 50.3 Å². The number of aryl methyl sites for hydroxylation is 2. The van der Waals surface area contributed by atoms with Crippen LogP contribution in [0.2, 0.25) is 0 Å². The Labute approximate surface area is 196 Å². The zero-order valence-corrected chi connectivity index (χ0v) is 19.7. The molecule has 0 bridgehead atoms. The van der Waals surface area contributed by atoms with Crippen molar-refractivity contribution >= 4 is 44.9 Å². The van der Waals surface area contributed by atoms with Crippen LogP contribution in [0.4, 0.5) is 18.9 Å². The highest BCUT2D eigenvalue weighted by Crippen LogP contribution is 2.35. The number of nitrogens with one attached hydrogen (secondary N) is 1. The predicted molar refractivity (Wildman–Crippen MR) is 123 cm³/mol. The minimum atomic E-state index is -1.66. The van der Waals surface area contributed by atoms with Crippen LogP contribution >= 0.6 is 23.1 Å². The second-order valence-electron chi connectivity index (χ2n) is 7.71. The number of ether oxygens (including phenoxy) is 1. The summed E-state index contributed by atoms with van der Waals surface area (Å²) in [5.41, 5.74) is 0.441. The van der Waals surface area contributed by atoms with Crippen molar-refractivity contribution in [3.8, 4) is 0 Å². The molecule has 1 N–H and O–H groups in total. The molecule has 33 heavy (non-hydrogen) atoms. The zero-order chi connectivity index (χ0) is 23.7. The second-order valence-corrected chi connectivity index (χ2v) is 10.1. The van der Waals surface area contributed by atoms with Crippen molar-refractivity contribution in [1.29, 1.82) is 0 Å². The minimum Gasteiger partial charge on any atom is -0.383 e. The fourth-order valence-corrected chi connectivity index (χ4v) is 6.00. The topological polar surface area (TPSA) is 73.2 Å². The van der Waals surface area contributed by atoms with Crippen molar-refractivity contribution in [1.82, 2.24) is 9.55 Å². The highest BCUT2D eigenvalue weighted by molar-refractivity contribution is 8.00. The molecule has 2 aromatic heterocycles. The summed E-state index contributed by atoms with van der Waals surface area (Å²) in [4.78, 5) is 32.5. The predicted octanol–water partition coefficient (Wildman–Crippen LogP) is 4.52. The zero-order valence-electron chi connectivity index (χ0n) is 18.0. The molecule has 11 heteroatoms. The number of thiophene rings is 1. The van der Waals surface area contributed by atoms with Crippen LogP contribution in [0.25, 0.3) is 10.2 Å². The van der Waals surface area contributed by atoms with Gasteiger partial charge >= 0.3 is 0 Å². The van der Waals surface area contributed by atoms with Crippen LogP contribution in [-0.4, -0.2) is 34.4 Å². The third-order valence-corrected chi connectivity index (χ3v) is 7.78. The molecule has 0 spiro atoms. The van der Waals surface area contributed by atoms with Crippen LogP contribution in [0.15, 0.2) is 22.1 Å². The number of amides is 1. The van der Waals surface area contributed by atoms with Crippen LogP contribution < -0.4 is 10.9 Å². The van der Waals surface area contributed by atoms with E-state index in [1.165, 1.54) is 27.9 Å². The van der Waals surface area contributed by atoms with Gasteiger partial charge in [-0.2, -0.15) is 0 Å². The van der Waals surface area contributed by atoms with E-state index in [2.05, 4.69) is 5.32 Å². The molecule has 1 aliphatic carbocycles. The number of benzene rings is 1. The van der Waals surface area contributed by atoms with E-state index in [4.69, 9.17) is 9.72 Å². The normalized spacial score (nSPS) is 14.3. The Kier molecular flexibility index (Phi) is 7.10. The fraction of sp³-hybridized carbons (Fsp3) is 0.409. The van der Waals surface area contributed by atoms with Crippen molar-refractivity contribution in [3.63, 3.8) is 0 Å². The average molecular weight is 498 g/mol. The summed E-state index contributed by atoms with van der Waals surface area (Å²) < 4.78 is 47.2. The van der Waals surface area contributed by atoms with Crippen molar-refractivity contribution in [2.45, 2.75) is 49.6 Å². The van der Waals surface area contributed by atoms with E-state index in [0.717, 1.165) is 55.1 Å². The van der Waals surface area contributed by atoms with Crippen molar-refractivity contribution in [2.24, 2.45) is 0 Å². The van der Waals surface area contributed by atoms with Crippen LogP contribution in [0.1, 0.15) is 30.2 Å². The maximum Gasteiger partial charge on any atom is 0.263 e. The molecule has 0 aliphatic heterocycles. The number of hydrogen-bond donors (Lipinski definition) is 1. The smallest absolute Gasteiger partial charge is 0.263 e. The molecule has 0 saturated heterocycles. The van der Waals surface area contributed by atoms with E-state index >= 15 is 0 Å². The van der Waals surface area contributed by atoms with Crippen LogP contribution in [-0.2, 0) is 28.9 Å². The lowest BCUT2D eigenvalue weighted by molar-refractivity contribution is -0.115. The summed E-state index contributed by atoms with van der Waals surface area (Å²) in [5, 5.41) is 2.45. The Morgan fingerprint density at radius 2 is 2.03 bits per heavy atom. The molecule has 1 atom stereocenters. The van der Waals surface area contributed by atoms with Crippen LogP contribution in [0, 0.1) is 17.5 Å². The Hall–Kier alpha value is -2.37. The minimum absolute atomic E-state index is 0.168. The van der Waals surface area contributed by atoms with E-state index in [9.17, 15) is 22.8 Å². The largest absolute Gasteiger partial charge is 0.383 e. The Balaban J connectivity index is 1.64. The maximum atomic E-state index is 13.9. The number of halogens is 3. The summed E-state index contributed by atoms with van der Waals surface area (Å²) >= 11 is 2.54. The number of thioether (sulfide) groups is 1. The fourth-order valence-electron chi connectivity index (χ4n) is 3.76. The molecular formula is C22H22F3N3O3S2. The van der Waals surface area contributed by atoms with E-state index in [0.29, 0.717) is 15.4 Å². The SMILES string of the molecule is COCCn1c(SC(C)C(=O)Nc2ccc(F)c(F)c2F)nc2sc3c(c2c1=O)CCCC3. The standard InChI is InChI=1S/C22H22F3N3O3S2/c1-11(19(29)26-14-8-7-13(23)17(24)18(14)25)32-22-27-20-16(21(30)28(22)9-10-31-2)12-5-3-4-6-15(12)33-20/h7-8,11H,3-6,9-10H2,1-2H3,(H,26,29). The van der Waals surface area contributed by atoms with E-state index < -0.39 is 34.3 Å². The Morgan fingerprint density at radius 3 is 2.79 bits per heavy atom. The number of nitrogens with zero attached hydrogens (tertiary/aromatic N) is 2. The highest BCUT2D eigenvalue weighted by atomic mass is 32.2. The summed E-state index contributed by atoms with van der Waals surface area (Å²) in [7, 11) is 1.53. The molecule has 1 aliphatic rings. The molecule has 6 nitrogen and oxygen atoms in total. The number of anilines is 1. The number of hydrogen-bond acceptors (Lipinski definition) is 6. The molecule has 1 amide bonds. The summed E-state index contributed by atoms with van der Waals surface area (Å²) in [6.45, 7) is 2.11. The first kappa shape index (κ1) is 23.8. The van der Waals surface area contributed by atoms with Gasteiger partial charge in [0.25, 0.3) is 5.56 Å². The number of carbonyl (C=O) groups excluding carboxylic acids is 1. The second kappa shape index (κ2) is 9.86.